The van der Waals surface area contributed by atoms with Gasteiger partial charge in [-0.15, -0.1) is 0 Å². The zero-order valence-electron chi connectivity index (χ0n) is 9.31. The number of hydrogen-bond donors (Lipinski definition) is 1. The molecule has 1 heterocycles. The van der Waals surface area contributed by atoms with Gasteiger partial charge in [-0.05, 0) is 37.1 Å². The van der Waals surface area contributed by atoms with Gasteiger partial charge in [-0.1, -0.05) is 12.2 Å². The van der Waals surface area contributed by atoms with Crippen LogP contribution in [-0.4, -0.2) is 24.2 Å². The van der Waals surface area contributed by atoms with Crippen LogP contribution in [0.1, 0.15) is 22.3 Å². The highest BCUT2D eigenvalue weighted by atomic mass is 16.4. The second kappa shape index (κ2) is 4.39. The van der Waals surface area contributed by atoms with Crippen LogP contribution in [0.15, 0.2) is 30.4 Å². The molecule has 0 fully saturated rings. The first kappa shape index (κ1) is 10.7. The first-order chi connectivity index (χ1) is 7.68. The summed E-state index contributed by atoms with van der Waals surface area (Å²) in [5.74, 6) is -0.867. The lowest BCUT2D eigenvalue weighted by Gasteiger charge is -2.27. The molecular formula is C13H15NO2. The number of carboxylic acid groups (broad SMARTS) is 1. The monoisotopic (exact) mass is 217 g/mol. The van der Waals surface area contributed by atoms with Crippen LogP contribution in [0.25, 0.3) is 0 Å². The Labute approximate surface area is 95.0 Å². The quantitative estimate of drug-likeness (QED) is 0.773. The van der Waals surface area contributed by atoms with E-state index in [1.54, 1.807) is 12.1 Å². The van der Waals surface area contributed by atoms with E-state index < -0.39 is 5.97 Å². The van der Waals surface area contributed by atoms with Crippen LogP contribution >= 0.6 is 0 Å². The summed E-state index contributed by atoms with van der Waals surface area (Å²) in [7, 11) is 0. The van der Waals surface area contributed by atoms with Crippen molar-refractivity contribution >= 4 is 11.7 Å². The predicted octanol–water partition coefficient (Wildman–Crippen LogP) is 2.46. The fourth-order valence-corrected chi connectivity index (χ4v) is 2.00. The summed E-state index contributed by atoms with van der Waals surface area (Å²) in [5.41, 5.74) is 2.51. The second-order valence-electron chi connectivity index (χ2n) is 4.01. The summed E-state index contributed by atoms with van der Waals surface area (Å²) in [4.78, 5) is 13.1. The number of benzene rings is 1. The number of hydrogen-bond acceptors (Lipinski definition) is 2. The highest BCUT2D eigenvalue weighted by molar-refractivity contribution is 5.88. The lowest BCUT2D eigenvalue weighted by Crippen LogP contribution is -2.27. The van der Waals surface area contributed by atoms with Gasteiger partial charge in [0.1, 0.15) is 0 Å². The summed E-state index contributed by atoms with van der Waals surface area (Å²) < 4.78 is 0. The first-order valence-corrected chi connectivity index (χ1v) is 5.42. The molecule has 0 amide bonds. The molecule has 0 aliphatic carbocycles. The van der Waals surface area contributed by atoms with Gasteiger partial charge in [-0.3, -0.25) is 0 Å². The number of nitrogens with zero attached hydrogens (tertiary/aromatic N) is 1. The zero-order chi connectivity index (χ0) is 11.5. The predicted molar refractivity (Wildman–Crippen MR) is 64.1 cm³/mol. The molecule has 1 aromatic rings. The highest BCUT2D eigenvalue weighted by Gasteiger charge is 2.11. The van der Waals surface area contributed by atoms with Gasteiger partial charge >= 0.3 is 5.97 Å². The molecule has 2 rings (SSSR count). The lowest BCUT2D eigenvalue weighted by atomic mass is 10.1. The van der Waals surface area contributed by atoms with Crippen LogP contribution in [0.3, 0.4) is 0 Å². The maximum atomic E-state index is 10.8. The third kappa shape index (κ3) is 2.08. The van der Waals surface area contributed by atoms with E-state index in [-0.39, 0.29) is 0 Å². The second-order valence-corrected chi connectivity index (χ2v) is 4.01. The van der Waals surface area contributed by atoms with Crippen molar-refractivity contribution in [2.75, 3.05) is 18.0 Å². The third-order valence-electron chi connectivity index (χ3n) is 2.84. The Morgan fingerprint density at radius 1 is 1.38 bits per heavy atom. The first-order valence-electron chi connectivity index (χ1n) is 5.42. The molecule has 0 unspecified atom stereocenters. The van der Waals surface area contributed by atoms with Crippen LogP contribution in [0.2, 0.25) is 0 Å². The number of aromatic carboxylic acids is 1. The highest BCUT2D eigenvalue weighted by Crippen LogP contribution is 2.22. The molecule has 0 spiro atoms. The molecule has 1 aliphatic rings. The van der Waals surface area contributed by atoms with Gasteiger partial charge < -0.3 is 10.0 Å². The summed E-state index contributed by atoms with van der Waals surface area (Å²) in [6.07, 6.45) is 5.38. The molecule has 0 radical (unpaired) electrons. The van der Waals surface area contributed by atoms with Gasteiger partial charge in [0.2, 0.25) is 0 Å². The molecule has 0 atom stereocenters. The Morgan fingerprint density at radius 2 is 2.19 bits per heavy atom. The van der Waals surface area contributed by atoms with Crippen molar-refractivity contribution in [1.82, 2.24) is 0 Å². The molecule has 3 nitrogen and oxygen atoms in total. The van der Waals surface area contributed by atoms with E-state index in [0.717, 1.165) is 30.8 Å². The fraction of sp³-hybridized carbons (Fsp3) is 0.308. The van der Waals surface area contributed by atoms with Crippen molar-refractivity contribution < 1.29 is 9.90 Å². The van der Waals surface area contributed by atoms with Crippen LogP contribution in [0.5, 0.6) is 0 Å². The van der Waals surface area contributed by atoms with Gasteiger partial charge in [0, 0.05) is 18.8 Å². The summed E-state index contributed by atoms with van der Waals surface area (Å²) in [6.45, 7) is 3.87. The van der Waals surface area contributed by atoms with Gasteiger partial charge in [-0.25, -0.2) is 4.79 Å². The third-order valence-corrected chi connectivity index (χ3v) is 2.84. The van der Waals surface area contributed by atoms with E-state index in [1.165, 1.54) is 0 Å². The molecule has 3 heteroatoms. The van der Waals surface area contributed by atoms with E-state index in [2.05, 4.69) is 17.1 Å². The van der Waals surface area contributed by atoms with Crippen LogP contribution in [-0.2, 0) is 0 Å². The SMILES string of the molecule is Cc1cc(C(=O)O)ccc1N1CC=CCC1. The zero-order valence-corrected chi connectivity index (χ0v) is 9.31. The molecule has 84 valence electrons. The number of aryl methyl sites for hydroxylation is 1. The number of carbonyl (C=O) groups is 1. The Balaban J connectivity index is 2.28. The largest absolute Gasteiger partial charge is 0.478 e. The lowest BCUT2D eigenvalue weighted by molar-refractivity contribution is 0.0697. The maximum absolute atomic E-state index is 10.8. The molecule has 0 saturated heterocycles. The van der Waals surface area contributed by atoms with Crippen molar-refractivity contribution in [3.05, 3.63) is 41.5 Å². The Bertz CT molecular complexity index is 438. The van der Waals surface area contributed by atoms with Crippen molar-refractivity contribution in [3.63, 3.8) is 0 Å². The fourth-order valence-electron chi connectivity index (χ4n) is 2.00. The average molecular weight is 217 g/mol. The van der Waals surface area contributed by atoms with E-state index in [1.807, 2.05) is 13.0 Å². The van der Waals surface area contributed by atoms with E-state index >= 15 is 0 Å². The van der Waals surface area contributed by atoms with Gasteiger partial charge in [-0.2, -0.15) is 0 Å². The molecule has 0 bridgehead atoms. The van der Waals surface area contributed by atoms with Crippen molar-refractivity contribution in [3.8, 4) is 0 Å². The molecule has 0 saturated carbocycles. The van der Waals surface area contributed by atoms with Gasteiger partial charge in [0.05, 0.1) is 5.56 Å². The van der Waals surface area contributed by atoms with Crippen LogP contribution < -0.4 is 4.90 Å². The van der Waals surface area contributed by atoms with E-state index in [0.29, 0.717) is 5.56 Å². The van der Waals surface area contributed by atoms with Gasteiger partial charge in [0.25, 0.3) is 0 Å². The summed E-state index contributed by atoms with van der Waals surface area (Å²) >= 11 is 0. The number of anilines is 1. The molecular weight excluding hydrogens is 202 g/mol. The molecule has 16 heavy (non-hydrogen) atoms. The summed E-state index contributed by atoms with van der Waals surface area (Å²) in [6, 6.07) is 5.30. The van der Waals surface area contributed by atoms with Crippen molar-refractivity contribution in [2.24, 2.45) is 0 Å². The van der Waals surface area contributed by atoms with Crippen LogP contribution in [0.4, 0.5) is 5.69 Å². The summed E-state index contributed by atoms with van der Waals surface area (Å²) in [5, 5.41) is 8.89. The smallest absolute Gasteiger partial charge is 0.335 e. The van der Waals surface area contributed by atoms with E-state index in [4.69, 9.17) is 5.11 Å². The normalized spacial score (nSPS) is 15.2. The van der Waals surface area contributed by atoms with Crippen molar-refractivity contribution in [2.45, 2.75) is 13.3 Å². The molecule has 1 aliphatic heterocycles. The standard InChI is InChI=1S/C13H15NO2/c1-10-9-11(13(15)16)5-6-12(10)14-7-3-2-4-8-14/h2-3,5-6,9H,4,7-8H2,1H3,(H,15,16). The maximum Gasteiger partial charge on any atom is 0.335 e. The van der Waals surface area contributed by atoms with E-state index in [9.17, 15) is 4.79 Å². The minimum atomic E-state index is -0.867. The number of rotatable bonds is 2. The number of carboxylic acids is 1. The average Bonchev–Trinajstić information content (AvgIpc) is 2.30. The van der Waals surface area contributed by atoms with Crippen molar-refractivity contribution in [1.29, 1.82) is 0 Å². The Morgan fingerprint density at radius 3 is 2.75 bits per heavy atom. The minimum absolute atomic E-state index is 0.355. The molecule has 1 aromatic carbocycles. The molecule has 0 aromatic heterocycles. The Kier molecular flexibility index (Phi) is 2.95. The van der Waals surface area contributed by atoms with Gasteiger partial charge in [0.15, 0.2) is 0 Å². The van der Waals surface area contributed by atoms with Crippen LogP contribution in [0, 0.1) is 6.92 Å². The Hall–Kier alpha value is -1.77. The minimum Gasteiger partial charge on any atom is -0.478 e. The molecule has 1 N–H and O–H groups in total. The topological polar surface area (TPSA) is 40.5 Å².